The lowest BCUT2D eigenvalue weighted by molar-refractivity contribution is 0.0250. The van der Waals surface area contributed by atoms with Gasteiger partial charge in [-0.05, 0) is 101 Å². The Morgan fingerprint density at radius 2 is 1.81 bits per heavy atom. The van der Waals surface area contributed by atoms with Crippen molar-refractivity contribution in [2.75, 3.05) is 26.3 Å². The van der Waals surface area contributed by atoms with E-state index < -0.39 is 0 Å². The molecule has 6 rings (SSSR count). The molecule has 0 radical (unpaired) electrons. The molecule has 0 bridgehead atoms. The molecule has 0 saturated carbocycles. The molecule has 2 fully saturated rings. The number of hydrogen-bond acceptors (Lipinski definition) is 3. The maximum absolute atomic E-state index is 16.8. The lowest BCUT2D eigenvalue weighted by Crippen LogP contribution is -2.43. The highest BCUT2D eigenvalue weighted by Gasteiger charge is 2.31. The summed E-state index contributed by atoms with van der Waals surface area (Å²) in [5, 5.41) is 2.07. The van der Waals surface area contributed by atoms with Crippen molar-refractivity contribution in [3.8, 4) is 0 Å². The number of pyridine rings is 1. The van der Waals surface area contributed by atoms with Crippen LogP contribution in [0.5, 0.6) is 0 Å². The van der Waals surface area contributed by atoms with E-state index in [2.05, 4.69) is 36.7 Å². The topological polar surface area (TPSA) is 50.3 Å². The summed E-state index contributed by atoms with van der Waals surface area (Å²) in [6.45, 7) is 11.9. The standard InChI is InChI=1S/C31H38FN3O2/c1-5-20-17-24-29(28(32)26(20)21-8-12-34(13-9-21)22-10-14-37-15-11-22)35(18(2)3)31-27(30(24)36)23-7-6-19(4)16-25(23)33-31/h6-7,16-18,21-22,33H,5,8-15H2,1-4H3. The number of ether oxygens (including phenoxy) is 1. The van der Waals surface area contributed by atoms with Gasteiger partial charge in [-0.1, -0.05) is 19.1 Å². The number of likely N-dealkylation sites (tertiary alicyclic amines) is 1. The second-order valence-corrected chi connectivity index (χ2v) is 11.4. The Balaban J connectivity index is 1.52. The van der Waals surface area contributed by atoms with Crippen LogP contribution in [0.2, 0.25) is 0 Å². The van der Waals surface area contributed by atoms with Crippen LogP contribution in [0.15, 0.2) is 29.1 Å². The molecule has 2 aliphatic heterocycles. The van der Waals surface area contributed by atoms with Crippen LogP contribution in [0, 0.1) is 12.7 Å². The van der Waals surface area contributed by atoms with E-state index >= 15 is 4.39 Å². The first-order chi connectivity index (χ1) is 17.9. The number of aromatic nitrogens is 2. The maximum Gasteiger partial charge on any atom is 0.199 e. The van der Waals surface area contributed by atoms with E-state index in [0.29, 0.717) is 28.8 Å². The van der Waals surface area contributed by atoms with Crippen molar-refractivity contribution in [2.45, 2.75) is 77.8 Å². The number of rotatable bonds is 4. The number of piperidine rings is 1. The highest BCUT2D eigenvalue weighted by molar-refractivity contribution is 6.10. The minimum absolute atomic E-state index is 0.00930. The summed E-state index contributed by atoms with van der Waals surface area (Å²) in [4.78, 5) is 20.0. The van der Waals surface area contributed by atoms with Crippen molar-refractivity contribution in [3.05, 3.63) is 57.0 Å². The molecule has 5 nitrogen and oxygen atoms in total. The molecule has 1 N–H and O–H groups in total. The number of H-pyrrole nitrogens is 1. The fourth-order valence-electron chi connectivity index (χ4n) is 6.92. The molecule has 0 aliphatic carbocycles. The van der Waals surface area contributed by atoms with Gasteiger partial charge in [0.2, 0.25) is 0 Å². The molecule has 2 aromatic carbocycles. The van der Waals surface area contributed by atoms with Crippen molar-refractivity contribution in [2.24, 2.45) is 0 Å². The monoisotopic (exact) mass is 503 g/mol. The molecule has 6 heteroatoms. The Hall–Kier alpha value is -2.70. The van der Waals surface area contributed by atoms with Crippen LogP contribution in [0.3, 0.4) is 0 Å². The van der Waals surface area contributed by atoms with E-state index in [9.17, 15) is 4.79 Å². The quantitative estimate of drug-likeness (QED) is 0.342. The van der Waals surface area contributed by atoms with Crippen molar-refractivity contribution < 1.29 is 9.13 Å². The van der Waals surface area contributed by atoms with E-state index in [1.165, 1.54) is 0 Å². The molecule has 0 unspecified atom stereocenters. The number of hydrogen-bond donors (Lipinski definition) is 1. The summed E-state index contributed by atoms with van der Waals surface area (Å²) in [7, 11) is 0. The summed E-state index contributed by atoms with van der Waals surface area (Å²) in [5.41, 5.74) is 4.96. The molecule has 0 atom stereocenters. The highest BCUT2D eigenvalue weighted by Crippen LogP contribution is 2.39. The Bertz CT molecular complexity index is 1540. The lowest BCUT2D eigenvalue weighted by atomic mass is 9.83. The van der Waals surface area contributed by atoms with E-state index in [1.807, 2.05) is 29.7 Å². The van der Waals surface area contributed by atoms with Crippen molar-refractivity contribution in [1.82, 2.24) is 14.5 Å². The Morgan fingerprint density at radius 3 is 2.49 bits per heavy atom. The Morgan fingerprint density at radius 1 is 1.08 bits per heavy atom. The number of aryl methyl sites for hydroxylation is 2. The fraction of sp³-hybridized carbons (Fsp3) is 0.516. The molecular weight excluding hydrogens is 465 g/mol. The van der Waals surface area contributed by atoms with Crippen molar-refractivity contribution in [1.29, 1.82) is 0 Å². The van der Waals surface area contributed by atoms with Crippen LogP contribution in [0.25, 0.3) is 32.8 Å². The number of halogens is 1. The van der Waals surface area contributed by atoms with Gasteiger partial charge >= 0.3 is 0 Å². The molecule has 2 aliphatic rings. The maximum atomic E-state index is 16.8. The van der Waals surface area contributed by atoms with Crippen molar-refractivity contribution >= 4 is 32.8 Å². The minimum atomic E-state index is -0.193. The largest absolute Gasteiger partial charge is 0.381 e. The third-order valence-corrected chi connectivity index (χ3v) is 8.79. The average Bonchev–Trinajstić information content (AvgIpc) is 3.28. The van der Waals surface area contributed by atoms with Crippen molar-refractivity contribution in [3.63, 3.8) is 0 Å². The number of benzene rings is 2. The Labute approximate surface area is 217 Å². The third kappa shape index (κ3) is 4.00. The zero-order valence-corrected chi connectivity index (χ0v) is 22.5. The van der Waals surface area contributed by atoms with Crippen LogP contribution in [0.4, 0.5) is 4.39 Å². The van der Waals surface area contributed by atoms with Crippen LogP contribution >= 0.6 is 0 Å². The highest BCUT2D eigenvalue weighted by atomic mass is 19.1. The van der Waals surface area contributed by atoms with Gasteiger partial charge in [-0.3, -0.25) is 4.79 Å². The zero-order chi connectivity index (χ0) is 25.8. The smallest absolute Gasteiger partial charge is 0.199 e. The van der Waals surface area contributed by atoms with Gasteiger partial charge in [0.05, 0.1) is 10.9 Å². The SMILES string of the molecule is CCc1cc2c(=O)c3c4ccc(C)cc4[nH]c3n(C(C)C)c2c(F)c1C1CCN(C2CCOCC2)CC1. The van der Waals surface area contributed by atoms with Gasteiger partial charge in [-0.25, -0.2) is 4.39 Å². The van der Waals surface area contributed by atoms with Gasteiger partial charge in [0.1, 0.15) is 5.65 Å². The van der Waals surface area contributed by atoms with Gasteiger partial charge in [0.25, 0.3) is 0 Å². The van der Waals surface area contributed by atoms with Crippen LogP contribution in [-0.4, -0.2) is 46.8 Å². The van der Waals surface area contributed by atoms with Gasteiger partial charge in [0, 0.05) is 41.6 Å². The fourth-order valence-corrected chi connectivity index (χ4v) is 6.92. The zero-order valence-electron chi connectivity index (χ0n) is 22.5. The molecule has 4 aromatic rings. The molecule has 2 aromatic heterocycles. The van der Waals surface area contributed by atoms with Gasteiger partial charge in [0.15, 0.2) is 11.2 Å². The third-order valence-electron chi connectivity index (χ3n) is 8.79. The first-order valence-electron chi connectivity index (χ1n) is 14.0. The van der Waals surface area contributed by atoms with E-state index in [4.69, 9.17) is 4.74 Å². The molecule has 0 amide bonds. The normalized spacial score (nSPS) is 18.6. The molecular formula is C31H38FN3O2. The summed E-state index contributed by atoms with van der Waals surface area (Å²) in [6, 6.07) is 8.70. The number of nitrogens with zero attached hydrogens (tertiary/aromatic N) is 2. The second kappa shape index (κ2) is 9.55. The molecule has 196 valence electrons. The second-order valence-electron chi connectivity index (χ2n) is 11.4. The van der Waals surface area contributed by atoms with E-state index in [0.717, 1.165) is 85.2 Å². The number of nitrogens with one attached hydrogen (secondary N) is 1. The summed E-state index contributed by atoms with van der Waals surface area (Å²) in [5.74, 6) is -0.0198. The summed E-state index contributed by atoms with van der Waals surface area (Å²) in [6.07, 6.45) is 4.81. The van der Waals surface area contributed by atoms with E-state index in [-0.39, 0.29) is 23.2 Å². The van der Waals surface area contributed by atoms with Crippen LogP contribution in [-0.2, 0) is 11.2 Å². The van der Waals surface area contributed by atoms with Gasteiger partial charge < -0.3 is 19.2 Å². The average molecular weight is 504 g/mol. The molecule has 0 spiro atoms. The first kappa shape index (κ1) is 24.6. The summed E-state index contributed by atoms with van der Waals surface area (Å²) >= 11 is 0. The molecule has 2 saturated heterocycles. The van der Waals surface area contributed by atoms with Gasteiger partial charge in [-0.2, -0.15) is 0 Å². The predicted octanol–water partition coefficient (Wildman–Crippen LogP) is 6.59. The number of fused-ring (bicyclic) bond motifs is 4. The van der Waals surface area contributed by atoms with Gasteiger partial charge in [-0.15, -0.1) is 0 Å². The first-order valence-corrected chi connectivity index (χ1v) is 14.0. The molecule has 37 heavy (non-hydrogen) atoms. The molecule has 4 heterocycles. The predicted molar refractivity (Wildman–Crippen MR) is 149 cm³/mol. The van der Waals surface area contributed by atoms with Crippen LogP contribution < -0.4 is 5.43 Å². The number of aromatic amines is 1. The Kier molecular flexibility index (Phi) is 6.36. The lowest BCUT2D eigenvalue weighted by Gasteiger charge is -2.39. The van der Waals surface area contributed by atoms with Crippen LogP contribution in [0.1, 0.15) is 75.1 Å². The minimum Gasteiger partial charge on any atom is -0.381 e. The van der Waals surface area contributed by atoms with E-state index in [1.54, 1.807) is 0 Å². The summed E-state index contributed by atoms with van der Waals surface area (Å²) < 4.78 is 24.4.